The number of hydrogen-bond donors (Lipinski definition) is 3. The average molecular weight is 717 g/mol. The largest absolute Gasteiger partial charge is 0.491 e. The number of nitrogens with zero attached hydrogens (tertiary/aromatic N) is 7. The number of allylic oxidation sites excluding steroid dienone is 2. The minimum atomic E-state index is -0.629. The third-order valence-corrected chi connectivity index (χ3v) is 9.37. The number of aryl methyl sites for hydroxylation is 2. The summed E-state index contributed by atoms with van der Waals surface area (Å²) in [5.41, 5.74) is 8.92. The summed E-state index contributed by atoms with van der Waals surface area (Å²) in [6, 6.07) is 6.57. The molecule has 4 aromatic heterocycles. The fraction of sp³-hybridized carbons (Fsp3) is 0.382. The Morgan fingerprint density at radius 1 is 1.10 bits per heavy atom. The van der Waals surface area contributed by atoms with Gasteiger partial charge in [0.2, 0.25) is 11.9 Å². The van der Waals surface area contributed by atoms with E-state index in [0.29, 0.717) is 77.0 Å². The second-order valence-electron chi connectivity index (χ2n) is 11.9. The summed E-state index contributed by atoms with van der Waals surface area (Å²) in [6.45, 7) is 9.18. The molecule has 0 spiro atoms. The highest BCUT2D eigenvalue weighted by molar-refractivity contribution is 7.16. The first-order valence-corrected chi connectivity index (χ1v) is 17.4. The van der Waals surface area contributed by atoms with Crippen molar-refractivity contribution in [2.75, 3.05) is 51.9 Å². The lowest BCUT2D eigenvalue weighted by atomic mass is 10.1. The maximum absolute atomic E-state index is 13.6. The highest BCUT2D eigenvalue weighted by atomic mass is 32.1. The number of rotatable bonds is 14. The Morgan fingerprint density at radius 3 is 2.59 bits per heavy atom. The van der Waals surface area contributed by atoms with Gasteiger partial charge in [-0.25, -0.2) is 14.8 Å². The van der Waals surface area contributed by atoms with E-state index in [-0.39, 0.29) is 22.9 Å². The number of nitrogens with two attached hydrogens (primary N) is 1. The van der Waals surface area contributed by atoms with Gasteiger partial charge in [0, 0.05) is 51.0 Å². The topological polar surface area (TPSA) is 198 Å². The molecule has 1 fully saturated rings. The van der Waals surface area contributed by atoms with Crippen LogP contribution in [0.15, 0.2) is 42.6 Å². The number of nitrogens with one attached hydrogen (secondary N) is 2. The number of carbonyl (C=O) groups excluding carboxylic acids is 3. The molecule has 268 valence electrons. The van der Waals surface area contributed by atoms with Crippen LogP contribution in [0.1, 0.15) is 50.2 Å². The van der Waals surface area contributed by atoms with Gasteiger partial charge in [-0.1, -0.05) is 23.5 Å². The molecule has 0 saturated carbocycles. The lowest BCUT2D eigenvalue weighted by Crippen LogP contribution is -2.37. The van der Waals surface area contributed by atoms with Gasteiger partial charge in [0.1, 0.15) is 17.0 Å². The van der Waals surface area contributed by atoms with Crippen molar-refractivity contribution in [3.63, 3.8) is 0 Å². The van der Waals surface area contributed by atoms with E-state index in [2.05, 4.69) is 20.3 Å². The number of fused-ring (bicyclic) bond motifs is 2. The van der Waals surface area contributed by atoms with Crippen LogP contribution in [0, 0.1) is 12.3 Å². The van der Waals surface area contributed by atoms with E-state index in [1.807, 2.05) is 30.6 Å². The summed E-state index contributed by atoms with van der Waals surface area (Å²) in [5, 5.41) is 15.9. The third kappa shape index (κ3) is 7.84. The third-order valence-electron chi connectivity index (χ3n) is 8.43. The van der Waals surface area contributed by atoms with Crippen LogP contribution in [-0.2, 0) is 29.1 Å². The predicted molar refractivity (Wildman–Crippen MR) is 190 cm³/mol. The maximum atomic E-state index is 13.6. The number of methoxy groups -OCH3 is 1. The number of carbonyl (C=O) groups is 3. The molecule has 2 amide bonds. The zero-order valence-corrected chi connectivity index (χ0v) is 29.5. The summed E-state index contributed by atoms with van der Waals surface area (Å²) in [6.07, 6.45) is 5.95. The van der Waals surface area contributed by atoms with E-state index >= 15 is 0 Å². The van der Waals surface area contributed by atoms with Crippen LogP contribution in [0.5, 0.6) is 5.75 Å². The van der Waals surface area contributed by atoms with Crippen molar-refractivity contribution in [1.82, 2.24) is 33.8 Å². The van der Waals surface area contributed by atoms with Crippen molar-refractivity contribution < 1.29 is 28.6 Å². The van der Waals surface area contributed by atoms with E-state index in [4.69, 9.17) is 30.3 Å². The van der Waals surface area contributed by atoms with Crippen molar-refractivity contribution in [1.29, 1.82) is 5.41 Å². The number of morpholine rings is 1. The molecule has 1 saturated heterocycles. The number of pyridine rings is 1. The molecule has 5 aromatic rings. The van der Waals surface area contributed by atoms with Crippen molar-refractivity contribution in [3.8, 4) is 5.75 Å². The minimum Gasteiger partial charge on any atom is -0.491 e. The summed E-state index contributed by atoms with van der Waals surface area (Å²) >= 11 is 1.21. The zero-order chi connectivity index (χ0) is 36.1. The molecule has 1 aliphatic rings. The highest BCUT2D eigenvalue weighted by Crippen LogP contribution is 2.31. The smallest absolute Gasteiger partial charge is 0.339 e. The van der Waals surface area contributed by atoms with Crippen molar-refractivity contribution in [3.05, 3.63) is 69.9 Å². The standard InChI is InChI=1S/C34H40N10O6S/c1-4-44-25(16-21(2)40-44)31(46)39-34-38-24-17-22(29(35)45)18-26(50-13-7-8-41-11-14-49-15-12-41)28(24)42(34)9-5-6-10-43-30-27(51-33(43)36)19-23(20-37-30)32(47)48-3/h5-6,16-20,36H,4,7-15H2,1-3H3,(H2,35,45)(H,38,39,46). The molecule has 51 heavy (non-hydrogen) atoms. The van der Waals surface area contributed by atoms with Gasteiger partial charge >= 0.3 is 5.97 Å². The Kier molecular flexibility index (Phi) is 10.9. The number of esters is 1. The molecule has 16 nitrogen and oxygen atoms in total. The van der Waals surface area contributed by atoms with Crippen LogP contribution in [0.3, 0.4) is 0 Å². The number of benzene rings is 1. The molecular formula is C34H40N10O6S. The molecule has 0 aliphatic carbocycles. The number of anilines is 1. The second kappa shape index (κ2) is 15.7. The van der Waals surface area contributed by atoms with Gasteiger partial charge in [0.05, 0.1) is 48.4 Å². The zero-order valence-electron chi connectivity index (χ0n) is 28.7. The number of primary amides is 1. The summed E-state index contributed by atoms with van der Waals surface area (Å²) in [4.78, 5) is 49.6. The molecule has 0 bridgehead atoms. The highest BCUT2D eigenvalue weighted by Gasteiger charge is 2.22. The van der Waals surface area contributed by atoms with Gasteiger partial charge in [-0.2, -0.15) is 5.10 Å². The maximum Gasteiger partial charge on any atom is 0.339 e. The van der Waals surface area contributed by atoms with Crippen molar-refractivity contribution >= 4 is 56.4 Å². The Hall–Kier alpha value is -5.39. The molecule has 0 atom stereocenters. The molecular weight excluding hydrogens is 677 g/mol. The van der Waals surface area contributed by atoms with Crippen molar-refractivity contribution in [2.45, 2.75) is 39.9 Å². The van der Waals surface area contributed by atoms with E-state index in [0.717, 1.165) is 26.1 Å². The van der Waals surface area contributed by atoms with Crippen molar-refractivity contribution in [2.24, 2.45) is 5.73 Å². The lowest BCUT2D eigenvalue weighted by Gasteiger charge is -2.26. The van der Waals surface area contributed by atoms with Gasteiger partial charge in [-0.05, 0) is 44.5 Å². The molecule has 4 N–H and O–H groups in total. The van der Waals surface area contributed by atoms with E-state index in [1.165, 1.54) is 24.6 Å². The number of hydrogen-bond acceptors (Lipinski definition) is 12. The van der Waals surface area contributed by atoms with Gasteiger partial charge < -0.3 is 24.5 Å². The van der Waals surface area contributed by atoms with Crippen LogP contribution in [-0.4, -0.2) is 98.1 Å². The van der Waals surface area contributed by atoms with Crippen LogP contribution in [0.25, 0.3) is 21.4 Å². The minimum absolute atomic E-state index is 0.231. The normalized spacial score (nSPS) is 13.7. The van der Waals surface area contributed by atoms with Crippen LogP contribution in [0.2, 0.25) is 0 Å². The number of aromatic nitrogens is 6. The molecule has 1 aromatic carbocycles. The number of amides is 2. The lowest BCUT2D eigenvalue weighted by molar-refractivity contribution is 0.0358. The van der Waals surface area contributed by atoms with Gasteiger partial charge in [-0.15, -0.1) is 0 Å². The molecule has 1 aliphatic heterocycles. The molecule has 6 rings (SSSR count). The van der Waals surface area contributed by atoms with Gasteiger partial charge in [0.15, 0.2) is 10.4 Å². The van der Waals surface area contributed by atoms with Crippen LogP contribution < -0.4 is 20.6 Å². The molecule has 5 heterocycles. The monoisotopic (exact) mass is 716 g/mol. The second-order valence-corrected chi connectivity index (χ2v) is 12.9. The van der Waals surface area contributed by atoms with E-state index in [9.17, 15) is 14.4 Å². The Labute approximate surface area is 296 Å². The van der Waals surface area contributed by atoms with E-state index < -0.39 is 17.8 Å². The fourth-order valence-corrected chi connectivity index (χ4v) is 6.83. The Balaban J connectivity index is 1.31. The van der Waals surface area contributed by atoms with Gasteiger partial charge in [0.25, 0.3) is 5.91 Å². The number of thiazole rings is 1. The fourth-order valence-electron chi connectivity index (χ4n) is 5.91. The molecule has 0 radical (unpaired) electrons. The molecule has 0 unspecified atom stereocenters. The van der Waals surface area contributed by atoms with Crippen LogP contribution in [0.4, 0.5) is 5.95 Å². The Bertz CT molecular complexity index is 2170. The SMILES string of the molecule is CCn1nc(C)cc1C(=O)Nc1nc2cc(C(N)=O)cc(OCCCN3CCOCC3)c2n1CC=CCn1c(=N)sc2cc(C(=O)OC)cnc21. The summed E-state index contributed by atoms with van der Waals surface area (Å²) < 4.78 is 22.4. The predicted octanol–water partition coefficient (Wildman–Crippen LogP) is 2.95. The van der Waals surface area contributed by atoms with E-state index in [1.54, 1.807) is 33.5 Å². The average Bonchev–Trinajstić information content (AvgIpc) is 3.79. The number of ether oxygens (including phenoxy) is 3. The number of imidazole rings is 1. The first-order chi connectivity index (χ1) is 24.7. The molecule has 17 heteroatoms. The Morgan fingerprint density at radius 2 is 1.86 bits per heavy atom. The first kappa shape index (κ1) is 35.4. The van der Waals surface area contributed by atoms with Gasteiger partial charge in [-0.3, -0.25) is 34.5 Å². The van der Waals surface area contributed by atoms with Crippen LogP contribution >= 0.6 is 11.3 Å². The quantitative estimate of drug-likeness (QED) is 0.0873. The first-order valence-electron chi connectivity index (χ1n) is 16.6. The summed E-state index contributed by atoms with van der Waals surface area (Å²) in [7, 11) is 1.31. The summed E-state index contributed by atoms with van der Waals surface area (Å²) in [5.74, 6) is -0.860.